The zero-order valence-electron chi connectivity index (χ0n) is 23.1. The molecule has 1 aromatic carbocycles. The van der Waals surface area contributed by atoms with Crippen molar-refractivity contribution in [1.82, 2.24) is 15.2 Å². The Labute approximate surface area is 211 Å². The van der Waals surface area contributed by atoms with Crippen LogP contribution in [0.4, 0.5) is 11.7 Å². The van der Waals surface area contributed by atoms with Crippen LogP contribution in [0.1, 0.15) is 97.6 Å². The molecule has 4 rings (SSSR count). The van der Waals surface area contributed by atoms with Gasteiger partial charge in [0.25, 0.3) is 5.89 Å². The summed E-state index contributed by atoms with van der Waals surface area (Å²) in [6.07, 6.45) is 10.5. The molecular weight excluding hydrogens is 434 g/mol. The number of hydrogen-bond donors (Lipinski definition) is 2. The van der Waals surface area contributed by atoms with Gasteiger partial charge < -0.3 is 15.1 Å². The number of anilines is 2. The van der Waals surface area contributed by atoms with Crippen LogP contribution in [0.25, 0.3) is 22.5 Å². The molecule has 1 aliphatic rings. The molecule has 1 fully saturated rings. The van der Waals surface area contributed by atoms with Crippen molar-refractivity contribution in [2.75, 3.05) is 24.2 Å². The molecule has 2 heterocycles. The Balaban J connectivity index is 0.000000420. The van der Waals surface area contributed by atoms with Crippen LogP contribution >= 0.6 is 0 Å². The number of aryl methyl sites for hydroxylation is 1. The van der Waals surface area contributed by atoms with Gasteiger partial charge in [0.15, 0.2) is 0 Å². The van der Waals surface area contributed by atoms with Gasteiger partial charge in [-0.1, -0.05) is 91.6 Å². The zero-order chi connectivity index (χ0) is 25.6. The molecule has 6 nitrogen and oxygen atoms in total. The van der Waals surface area contributed by atoms with Gasteiger partial charge in [-0.05, 0) is 47.1 Å². The molecule has 0 saturated heterocycles. The molecule has 0 spiro atoms. The molecule has 0 radical (unpaired) electrons. The lowest BCUT2D eigenvalue weighted by Crippen LogP contribution is -2.20. The highest BCUT2D eigenvalue weighted by Crippen LogP contribution is 2.35. The Morgan fingerprint density at radius 3 is 1.94 bits per heavy atom. The fourth-order valence-electron chi connectivity index (χ4n) is 4.31. The molecule has 192 valence electrons. The van der Waals surface area contributed by atoms with Gasteiger partial charge in [-0.2, -0.15) is 0 Å². The first-order chi connectivity index (χ1) is 16.5. The number of nitrogens with one attached hydrogen (secondary N) is 2. The average Bonchev–Trinajstić information content (AvgIpc) is 3.07. The molecular formula is C29H45N5O. The van der Waals surface area contributed by atoms with Crippen LogP contribution in [0.3, 0.4) is 0 Å². The molecule has 0 aliphatic heterocycles. The van der Waals surface area contributed by atoms with Gasteiger partial charge in [-0.3, -0.25) is 0 Å². The number of pyridine rings is 1. The molecule has 6 heteroatoms. The van der Waals surface area contributed by atoms with E-state index >= 15 is 0 Å². The highest BCUT2D eigenvalue weighted by Gasteiger charge is 2.22. The number of rotatable bonds is 4. The van der Waals surface area contributed by atoms with Gasteiger partial charge >= 0.3 is 6.01 Å². The minimum atomic E-state index is -0.0548. The number of hydrogen-bond acceptors (Lipinski definition) is 6. The van der Waals surface area contributed by atoms with E-state index in [2.05, 4.69) is 81.4 Å². The maximum atomic E-state index is 5.64. The fourth-order valence-corrected chi connectivity index (χ4v) is 4.31. The van der Waals surface area contributed by atoms with Crippen LogP contribution < -0.4 is 10.6 Å². The summed E-state index contributed by atoms with van der Waals surface area (Å²) in [5.41, 5.74) is 5.28. The van der Waals surface area contributed by atoms with E-state index in [9.17, 15) is 0 Å². The Morgan fingerprint density at radius 1 is 0.857 bits per heavy atom. The Bertz CT molecular complexity index is 1090. The van der Waals surface area contributed by atoms with Crippen molar-refractivity contribution in [3.63, 3.8) is 0 Å². The van der Waals surface area contributed by atoms with Gasteiger partial charge in [0.1, 0.15) is 5.69 Å². The van der Waals surface area contributed by atoms with E-state index in [1.165, 1.54) is 50.5 Å². The topological polar surface area (TPSA) is 75.9 Å². The van der Waals surface area contributed by atoms with Gasteiger partial charge in [0, 0.05) is 24.7 Å². The van der Waals surface area contributed by atoms with Crippen molar-refractivity contribution in [2.24, 2.45) is 5.41 Å². The van der Waals surface area contributed by atoms with Crippen molar-refractivity contribution >= 4 is 22.6 Å². The van der Waals surface area contributed by atoms with Crippen molar-refractivity contribution in [2.45, 2.75) is 98.8 Å². The summed E-state index contributed by atoms with van der Waals surface area (Å²) in [5, 5.41) is 15.7. The van der Waals surface area contributed by atoms with Crippen LogP contribution in [0, 0.1) is 12.3 Å². The standard InChI is InChI=1S/C22H31N5O.C7H14/c1-13-9-17(19-26-27-20(23-8)28-19)25-18-15(13)10-14(24-12-21(2,3)4)11-16(18)22(5,6)7;1-2-4-6-7-5-3-1/h9-11,24H,12H2,1-8H3,(H,23,27);1-7H2. The van der Waals surface area contributed by atoms with E-state index in [0.717, 1.165) is 28.7 Å². The smallest absolute Gasteiger partial charge is 0.315 e. The summed E-state index contributed by atoms with van der Waals surface area (Å²) in [7, 11) is 1.75. The van der Waals surface area contributed by atoms with Gasteiger partial charge in [-0.25, -0.2) is 4.98 Å². The Kier molecular flexibility index (Phi) is 8.79. The molecule has 0 atom stereocenters. The molecule has 3 aromatic rings. The molecule has 1 saturated carbocycles. The van der Waals surface area contributed by atoms with E-state index in [-0.39, 0.29) is 10.8 Å². The minimum absolute atomic E-state index is 0.0548. The molecule has 0 bridgehead atoms. The quantitative estimate of drug-likeness (QED) is 0.368. The highest BCUT2D eigenvalue weighted by molar-refractivity contribution is 5.90. The molecule has 1 aliphatic carbocycles. The third-order valence-electron chi connectivity index (χ3n) is 6.36. The highest BCUT2D eigenvalue weighted by atomic mass is 16.4. The molecule has 35 heavy (non-hydrogen) atoms. The van der Waals surface area contributed by atoms with Gasteiger partial charge in [0.2, 0.25) is 0 Å². The SMILES string of the molecule is C1CCCCCC1.CNc1nnc(-c2cc(C)c3cc(NCC(C)(C)C)cc(C(C)(C)C)c3n2)o1. The first kappa shape index (κ1) is 27.0. The lowest BCUT2D eigenvalue weighted by Gasteiger charge is -2.25. The van der Waals surface area contributed by atoms with Crippen LogP contribution in [0.5, 0.6) is 0 Å². The summed E-state index contributed by atoms with van der Waals surface area (Å²) in [6, 6.07) is 6.80. The van der Waals surface area contributed by atoms with Crippen LogP contribution in [-0.2, 0) is 5.41 Å². The summed E-state index contributed by atoms with van der Waals surface area (Å²) < 4.78 is 5.64. The minimum Gasteiger partial charge on any atom is -0.402 e. The second-order valence-corrected chi connectivity index (χ2v) is 12.0. The molecule has 0 amide bonds. The lowest BCUT2D eigenvalue weighted by molar-refractivity contribution is 0.443. The van der Waals surface area contributed by atoms with E-state index in [0.29, 0.717) is 17.6 Å². The predicted molar refractivity (Wildman–Crippen MR) is 148 cm³/mol. The Morgan fingerprint density at radius 2 is 1.46 bits per heavy atom. The van der Waals surface area contributed by atoms with Crippen molar-refractivity contribution < 1.29 is 4.42 Å². The van der Waals surface area contributed by atoms with Crippen molar-refractivity contribution in [3.05, 3.63) is 29.3 Å². The maximum absolute atomic E-state index is 5.64. The van der Waals surface area contributed by atoms with Crippen molar-refractivity contribution in [3.8, 4) is 11.6 Å². The summed E-state index contributed by atoms with van der Waals surface area (Å²) in [5.74, 6) is 0.421. The van der Waals surface area contributed by atoms with Gasteiger partial charge in [-0.15, -0.1) is 5.10 Å². The third-order valence-corrected chi connectivity index (χ3v) is 6.36. The molecule has 2 aromatic heterocycles. The average molecular weight is 480 g/mol. The normalized spacial score (nSPS) is 14.7. The summed E-state index contributed by atoms with van der Waals surface area (Å²) >= 11 is 0. The van der Waals surface area contributed by atoms with E-state index in [1.807, 2.05) is 6.07 Å². The lowest BCUT2D eigenvalue weighted by atomic mass is 9.84. The second kappa shape index (κ2) is 11.4. The maximum Gasteiger partial charge on any atom is 0.315 e. The van der Waals surface area contributed by atoms with Crippen LogP contribution in [0.2, 0.25) is 0 Å². The van der Waals surface area contributed by atoms with Crippen molar-refractivity contribution in [1.29, 1.82) is 0 Å². The van der Waals surface area contributed by atoms with Crippen LogP contribution in [0.15, 0.2) is 22.6 Å². The Hall–Kier alpha value is -2.63. The van der Waals surface area contributed by atoms with Gasteiger partial charge in [0.05, 0.1) is 5.52 Å². The largest absolute Gasteiger partial charge is 0.402 e. The number of fused-ring (bicyclic) bond motifs is 1. The van der Waals surface area contributed by atoms with E-state index in [1.54, 1.807) is 7.05 Å². The number of nitrogens with zero attached hydrogens (tertiary/aromatic N) is 3. The van der Waals surface area contributed by atoms with E-state index in [4.69, 9.17) is 9.40 Å². The fraction of sp³-hybridized carbons (Fsp3) is 0.621. The number of benzene rings is 1. The number of aromatic nitrogens is 3. The molecule has 2 N–H and O–H groups in total. The van der Waals surface area contributed by atoms with Crippen LogP contribution in [-0.4, -0.2) is 28.8 Å². The summed E-state index contributed by atoms with van der Waals surface area (Å²) in [4.78, 5) is 4.92. The first-order valence-electron chi connectivity index (χ1n) is 13.2. The first-order valence-corrected chi connectivity index (χ1v) is 13.2. The third kappa shape index (κ3) is 7.68. The molecule has 0 unspecified atom stereocenters. The monoisotopic (exact) mass is 479 g/mol. The summed E-state index contributed by atoms with van der Waals surface area (Å²) in [6.45, 7) is 16.3. The zero-order valence-corrected chi connectivity index (χ0v) is 23.1. The predicted octanol–water partition coefficient (Wildman–Crippen LogP) is 8.12. The van der Waals surface area contributed by atoms with E-state index < -0.39 is 0 Å². The second-order valence-electron chi connectivity index (χ2n) is 12.0.